The van der Waals surface area contributed by atoms with E-state index < -0.39 is 5.60 Å². The number of nitrogens with zero attached hydrogens (tertiary/aromatic N) is 2. The quantitative estimate of drug-likeness (QED) is 0.878. The summed E-state index contributed by atoms with van der Waals surface area (Å²) in [6.45, 7) is 4.58. The number of aryl methyl sites for hydroxylation is 1. The van der Waals surface area contributed by atoms with Crippen LogP contribution >= 0.6 is 0 Å². The highest BCUT2D eigenvalue weighted by atomic mass is 16.3. The number of aromatic amines is 1. The van der Waals surface area contributed by atoms with Crippen LogP contribution in [-0.2, 0) is 0 Å². The van der Waals surface area contributed by atoms with Crippen LogP contribution in [0.5, 0.6) is 0 Å². The number of carbonyl (C=O) groups excluding carboxylic acids is 1. The minimum atomic E-state index is -0.643. The molecule has 0 radical (unpaired) electrons. The van der Waals surface area contributed by atoms with Gasteiger partial charge in [-0.2, -0.15) is 0 Å². The van der Waals surface area contributed by atoms with Gasteiger partial charge in [0.05, 0.1) is 11.8 Å². The number of imidazole rings is 1. The van der Waals surface area contributed by atoms with E-state index in [1.165, 1.54) is 0 Å². The molecule has 2 heterocycles. The van der Waals surface area contributed by atoms with Crippen molar-refractivity contribution in [3.05, 3.63) is 17.7 Å². The van der Waals surface area contributed by atoms with Gasteiger partial charge in [-0.05, 0) is 39.5 Å². The number of aromatic nitrogens is 2. The van der Waals surface area contributed by atoms with E-state index >= 15 is 0 Å². The van der Waals surface area contributed by atoms with E-state index in [9.17, 15) is 9.90 Å². The van der Waals surface area contributed by atoms with Crippen LogP contribution in [0.25, 0.3) is 0 Å². The van der Waals surface area contributed by atoms with Gasteiger partial charge >= 0.3 is 0 Å². The smallest absolute Gasteiger partial charge is 0.272 e. The third kappa shape index (κ3) is 2.71. The zero-order chi connectivity index (χ0) is 15.0. The second-order valence-corrected chi connectivity index (χ2v) is 6.80. The molecule has 3 atom stereocenters. The van der Waals surface area contributed by atoms with Crippen molar-refractivity contribution in [1.29, 1.82) is 0 Å². The summed E-state index contributed by atoms with van der Waals surface area (Å²) >= 11 is 0. The number of likely N-dealkylation sites (tertiary alicyclic amines) is 1. The Balaban J connectivity index is 1.80. The first-order valence-corrected chi connectivity index (χ1v) is 8.04. The van der Waals surface area contributed by atoms with Gasteiger partial charge in [0.1, 0.15) is 11.5 Å². The standard InChI is InChI=1S/C16H25N3O2/c1-11-17-10-13(18-11)15(20)19-9-5-7-14(19)12-6-3-4-8-16(12,2)21/h10,12,14,21H,3-9H2,1-2H3,(H,17,18)/t12-,14+,16-/m0/s1. The van der Waals surface area contributed by atoms with Crippen LogP contribution < -0.4 is 0 Å². The number of amides is 1. The minimum Gasteiger partial charge on any atom is -0.390 e. The van der Waals surface area contributed by atoms with Crippen LogP contribution in [0, 0.1) is 12.8 Å². The predicted octanol–water partition coefficient (Wildman–Crippen LogP) is 2.26. The van der Waals surface area contributed by atoms with Crippen LogP contribution in [0.2, 0.25) is 0 Å². The highest BCUT2D eigenvalue weighted by Gasteiger charge is 2.44. The molecule has 1 aromatic rings. The lowest BCUT2D eigenvalue weighted by Crippen LogP contribution is -2.50. The third-order valence-electron chi connectivity index (χ3n) is 5.20. The summed E-state index contributed by atoms with van der Waals surface area (Å²) in [4.78, 5) is 21.8. The van der Waals surface area contributed by atoms with Crippen LogP contribution in [-0.4, -0.2) is 44.1 Å². The SMILES string of the molecule is Cc1ncc(C(=O)N2CCC[C@@H]2[C@@H]2CCCC[C@]2(C)O)[nH]1. The van der Waals surface area contributed by atoms with Crippen LogP contribution in [0.4, 0.5) is 0 Å². The second-order valence-electron chi connectivity index (χ2n) is 6.80. The molecule has 5 nitrogen and oxygen atoms in total. The Labute approximate surface area is 125 Å². The van der Waals surface area contributed by atoms with E-state index in [0.717, 1.165) is 50.9 Å². The van der Waals surface area contributed by atoms with Gasteiger partial charge < -0.3 is 15.0 Å². The first kappa shape index (κ1) is 14.6. The van der Waals surface area contributed by atoms with E-state index in [1.807, 2.05) is 18.7 Å². The third-order valence-corrected chi connectivity index (χ3v) is 5.20. The summed E-state index contributed by atoms with van der Waals surface area (Å²) in [6, 6.07) is 0.163. The molecule has 116 valence electrons. The van der Waals surface area contributed by atoms with Crippen molar-refractivity contribution in [2.45, 2.75) is 64.0 Å². The normalized spacial score (nSPS) is 33.4. The highest BCUT2D eigenvalue weighted by molar-refractivity contribution is 5.92. The number of hydrogen-bond acceptors (Lipinski definition) is 3. The van der Waals surface area contributed by atoms with Crippen molar-refractivity contribution < 1.29 is 9.90 Å². The summed E-state index contributed by atoms with van der Waals surface area (Å²) in [6.07, 6.45) is 7.75. The first-order valence-electron chi connectivity index (χ1n) is 8.04. The van der Waals surface area contributed by atoms with E-state index in [2.05, 4.69) is 9.97 Å². The van der Waals surface area contributed by atoms with Gasteiger partial charge in [0.25, 0.3) is 5.91 Å². The highest BCUT2D eigenvalue weighted by Crippen LogP contribution is 2.40. The summed E-state index contributed by atoms with van der Waals surface area (Å²) in [5.74, 6) is 0.986. The molecule has 3 rings (SSSR count). The molecule has 5 heteroatoms. The Kier molecular flexibility index (Phi) is 3.78. The lowest BCUT2D eigenvalue weighted by Gasteiger charge is -2.43. The predicted molar refractivity (Wildman–Crippen MR) is 80.0 cm³/mol. The van der Waals surface area contributed by atoms with Gasteiger partial charge in [0, 0.05) is 18.5 Å². The molecule has 1 saturated heterocycles. The second kappa shape index (κ2) is 5.44. The molecule has 1 saturated carbocycles. The van der Waals surface area contributed by atoms with E-state index in [-0.39, 0.29) is 17.9 Å². The Morgan fingerprint density at radius 3 is 2.90 bits per heavy atom. The number of nitrogens with one attached hydrogen (secondary N) is 1. The fraction of sp³-hybridized carbons (Fsp3) is 0.750. The van der Waals surface area contributed by atoms with E-state index in [4.69, 9.17) is 0 Å². The van der Waals surface area contributed by atoms with Crippen molar-refractivity contribution in [2.24, 2.45) is 5.92 Å². The first-order chi connectivity index (χ1) is 9.99. The summed E-state index contributed by atoms with van der Waals surface area (Å²) < 4.78 is 0. The van der Waals surface area contributed by atoms with Gasteiger partial charge in [-0.3, -0.25) is 4.79 Å². The monoisotopic (exact) mass is 291 g/mol. The number of H-pyrrole nitrogens is 1. The number of rotatable bonds is 2. The average molecular weight is 291 g/mol. The largest absolute Gasteiger partial charge is 0.390 e. The minimum absolute atomic E-state index is 0.0273. The van der Waals surface area contributed by atoms with Crippen molar-refractivity contribution in [3.8, 4) is 0 Å². The molecular formula is C16H25N3O2. The summed E-state index contributed by atoms with van der Waals surface area (Å²) in [5.41, 5.74) is -0.0785. The van der Waals surface area contributed by atoms with Gasteiger partial charge in [0.2, 0.25) is 0 Å². The lowest BCUT2D eigenvalue weighted by molar-refractivity contribution is -0.0578. The molecule has 0 bridgehead atoms. The van der Waals surface area contributed by atoms with Crippen molar-refractivity contribution in [3.63, 3.8) is 0 Å². The molecule has 0 unspecified atom stereocenters. The molecule has 1 aliphatic heterocycles. The van der Waals surface area contributed by atoms with Crippen molar-refractivity contribution in [2.75, 3.05) is 6.54 Å². The van der Waals surface area contributed by atoms with Gasteiger partial charge in [0.15, 0.2) is 0 Å². The Morgan fingerprint density at radius 1 is 1.43 bits per heavy atom. The van der Waals surface area contributed by atoms with Crippen LogP contribution in [0.1, 0.15) is 61.8 Å². The summed E-state index contributed by atoms with van der Waals surface area (Å²) in [5, 5.41) is 10.7. The molecule has 21 heavy (non-hydrogen) atoms. The average Bonchev–Trinajstić information content (AvgIpc) is 3.06. The van der Waals surface area contributed by atoms with E-state index in [0.29, 0.717) is 5.69 Å². The maximum absolute atomic E-state index is 12.7. The summed E-state index contributed by atoms with van der Waals surface area (Å²) in [7, 11) is 0. The number of carbonyl (C=O) groups is 1. The lowest BCUT2D eigenvalue weighted by atomic mass is 9.72. The fourth-order valence-electron chi connectivity index (χ4n) is 4.10. The molecule has 2 aliphatic rings. The zero-order valence-corrected chi connectivity index (χ0v) is 12.9. The van der Waals surface area contributed by atoms with Crippen LogP contribution in [0.3, 0.4) is 0 Å². The van der Waals surface area contributed by atoms with Gasteiger partial charge in [-0.1, -0.05) is 12.8 Å². The van der Waals surface area contributed by atoms with Gasteiger partial charge in [-0.25, -0.2) is 4.98 Å². The van der Waals surface area contributed by atoms with Crippen molar-refractivity contribution in [1.82, 2.24) is 14.9 Å². The maximum Gasteiger partial charge on any atom is 0.272 e. The Morgan fingerprint density at radius 2 is 2.24 bits per heavy atom. The maximum atomic E-state index is 12.7. The fourth-order valence-corrected chi connectivity index (χ4v) is 4.10. The molecule has 0 aromatic carbocycles. The molecule has 1 aromatic heterocycles. The van der Waals surface area contributed by atoms with E-state index in [1.54, 1.807) is 6.20 Å². The number of aliphatic hydroxyl groups is 1. The zero-order valence-electron chi connectivity index (χ0n) is 12.9. The molecule has 2 fully saturated rings. The molecule has 0 spiro atoms. The molecule has 1 amide bonds. The molecule has 1 aliphatic carbocycles. The molecule has 2 N–H and O–H groups in total. The number of hydrogen-bond donors (Lipinski definition) is 2. The molecular weight excluding hydrogens is 266 g/mol. The topological polar surface area (TPSA) is 69.2 Å². The van der Waals surface area contributed by atoms with Gasteiger partial charge in [-0.15, -0.1) is 0 Å². The van der Waals surface area contributed by atoms with Crippen LogP contribution in [0.15, 0.2) is 6.20 Å². The Bertz CT molecular complexity index is 523. The Hall–Kier alpha value is -1.36. The van der Waals surface area contributed by atoms with Crippen molar-refractivity contribution >= 4 is 5.91 Å².